The molecule has 30 heavy (non-hydrogen) atoms. The maximum absolute atomic E-state index is 12.6. The second-order valence-electron chi connectivity index (χ2n) is 6.76. The van der Waals surface area contributed by atoms with E-state index in [1.165, 1.54) is 22.7 Å². The fraction of sp³-hybridized carbons (Fsp3) is 0.286. The molecule has 0 unspecified atom stereocenters. The van der Waals surface area contributed by atoms with Crippen LogP contribution in [0.2, 0.25) is 5.02 Å². The maximum Gasteiger partial charge on any atom is 0.339 e. The second kappa shape index (κ2) is 9.40. The van der Waals surface area contributed by atoms with Gasteiger partial charge in [-0.2, -0.15) is 0 Å². The number of carbonyl (C=O) groups excluding carboxylic acids is 1. The Kier molecular flexibility index (Phi) is 6.89. The molecule has 2 aromatic heterocycles. The van der Waals surface area contributed by atoms with E-state index in [1.54, 1.807) is 32.3 Å². The van der Waals surface area contributed by atoms with Crippen molar-refractivity contribution in [3.8, 4) is 11.3 Å². The number of halogens is 1. The van der Waals surface area contributed by atoms with Gasteiger partial charge >= 0.3 is 5.97 Å². The number of amides is 1. The van der Waals surface area contributed by atoms with Crippen molar-refractivity contribution in [1.82, 2.24) is 9.88 Å². The van der Waals surface area contributed by atoms with Gasteiger partial charge in [-0.05, 0) is 44.2 Å². The molecule has 3 aromatic rings. The molecule has 158 valence electrons. The minimum atomic E-state index is -1.05. The number of aromatic nitrogens is 1. The zero-order chi connectivity index (χ0) is 21.8. The maximum atomic E-state index is 12.6. The lowest BCUT2D eigenvalue weighted by atomic mass is 10.2. The first kappa shape index (κ1) is 22.0. The van der Waals surface area contributed by atoms with Gasteiger partial charge in [0.25, 0.3) is 0 Å². The Balaban J connectivity index is 1.54. The average molecular weight is 449 g/mol. The lowest BCUT2D eigenvalue weighted by molar-refractivity contribution is -0.129. The van der Waals surface area contributed by atoms with E-state index in [2.05, 4.69) is 4.98 Å². The highest BCUT2D eigenvalue weighted by molar-refractivity contribution is 7.99. The summed E-state index contributed by atoms with van der Waals surface area (Å²) in [6.45, 7) is 3.59. The van der Waals surface area contributed by atoms with Gasteiger partial charge in [-0.15, -0.1) is 11.8 Å². The molecule has 1 N–H and O–H groups in total. The van der Waals surface area contributed by atoms with Gasteiger partial charge in [-0.25, -0.2) is 9.78 Å². The summed E-state index contributed by atoms with van der Waals surface area (Å²) in [7, 11) is 1.65. The molecule has 0 saturated heterocycles. The molecular formula is C21H21ClN2O5S. The number of hydrogen-bond donors (Lipinski definition) is 1. The van der Waals surface area contributed by atoms with Crippen LogP contribution in [0.25, 0.3) is 11.3 Å². The predicted octanol–water partition coefficient (Wildman–Crippen LogP) is 4.87. The molecule has 0 aliphatic rings. The first-order valence-electron chi connectivity index (χ1n) is 9.14. The van der Waals surface area contributed by atoms with Crippen molar-refractivity contribution in [3.63, 3.8) is 0 Å². The molecule has 2 heterocycles. The van der Waals surface area contributed by atoms with Crippen LogP contribution in [0.4, 0.5) is 0 Å². The molecule has 0 fully saturated rings. The first-order chi connectivity index (χ1) is 14.2. The fourth-order valence-electron chi connectivity index (χ4n) is 2.85. The van der Waals surface area contributed by atoms with Crippen LogP contribution < -0.4 is 0 Å². The molecule has 1 aromatic carbocycles. The molecular weight excluding hydrogens is 428 g/mol. The number of nitrogens with zero attached hydrogens (tertiary/aromatic N) is 2. The van der Waals surface area contributed by atoms with Gasteiger partial charge in [-0.1, -0.05) is 11.6 Å². The van der Waals surface area contributed by atoms with Crippen molar-refractivity contribution in [3.05, 3.63) is 64.5 Å². The summed E-state index contributed by atoms with van der Waals surface area (Å²) in [5, 5.41) is 9.42. The number of carboxylic acids is 1. The predicted molar refractivity (Wildman–Crippen MR) is 115 cm³/mol. The Morgan fingerprint density at radius 2 is 1.97 bits per heavy atom. The highest BCUT2D eigenvalue weighted by atomic mass is 35.5. The molecule has 0 aliphatic carbocycles. The Morgan fingerprint density at radius 1 is 1.27 bits per heavy atom. The molecule has 1 amide bonds. The second-order valence-corrected chi connectivity index (χ2v) is 8.53. The summed E-state index contributed by atoms with van der Waals surface area (Å²) in [6.07, 6.45) is 1.65. The largest absolute Gasteiger partial charge is 0.478 e. The highest BCUT2D eigenvalue weighted by Gasteiger charge is 2.21. The molecule has 9 heteroatoms. The average Bonchev–Trinajstić information content (AvgIpc) is 3.32. The summed E-state index contributed by atoms with van der Waals surface area (Å²) in [5.74, 6) is 1.21. The number of furan rings is 1. The first-order valence-corrected chi connectivity index (χ1v) is 10.6. The molecule has 0 spiro atoms. The molecule has 0 radical (unpaired) electrons. The minimum Gasteiger partial charge on any atom is -0.478 e. The van der Waals surface area contributed by atoms with Gasteiger partial charge in [0, 0.05) is 17.6 Å². The van der Waals surface area contributed by atoms with Crippen molar-refractivity contribution in [2.75, 3.05) is 7.05 Å². The molecule has 0 saturated carbocycles. The van der Waals surface area contributed by atoms with E-state index in [0.29, 0.717) is 33.9 Å². The number of oxazole rings is 1. The Morgan fingerprint density at radius 3 is 2.60 bits per heavy atom. The SMILES string of the molecule is Cc1oc(CN(C)C(=O)[C@H](C)SCc2ncc(-c3ccc(Cl)cc3)o2)cc1C(=O)O. The summed E-state index contributed by atoms with van der Waals surface area (Å²) in [4.78, 5) is 29.5. The van der Waals surface area contributed by atoms with Crippen molar-refractivity contribution in [2.45, 2.75) is 31.4 Å². The summed E-state index contributed by atoms with van der Waals surface area (Å²) >= 11 is 7.31. The summed E-state index contributed by atoms with van der Waals surface area (Å²) in [6, 6.07) is 8.72. The van der Waals surface area contributed by atoms with E-state index in [1.807, 2.05) is 19.1 Å². The number of benzene rings is 1. The van der Waals surface area contributed by atoms with Gasteiger partial charge < -0.3 is 18.8 Å². The van der Waals surface area contributed by atoms with Crippen LogP contribution in [0.15, 0.2) is 45.4 Å². The van der Waals surface area contributed by atoms with Gasteiger partial charge in [0.15, 0.2) is 5.76 Å². The van der Waals surface area contributed by atoms with Crippen LogP contribution in [-0.2, 0) is 17.1 Å². The van der Waals surface area contributed by atoms with Crippen molar-refractivity contribution in [2.24, 2.45) is 0 Å². The topological polar surface area (TPSA) is 96.8 Å². The smallest absolute Gasteiger partial charge is 0.339 e. The summed E-state index contributed by atoms with van der Waals surface area (Å²) in [5.41, 5.74) is 0.982. The van der Waals surface area contributed by atoms with Gasteiger partial charge in [0.05, 0.1) is 23.7 Å². The Labute approximate surface area is 183 Å². The number of aromatic carboxylic acids is 1. The summed E-state index contributed by atoms with van der Waals surface area (Å²) < 4.78 is 11.2. The quantitative estimate of drug-likeness (QED) is 0.524. The number of hydrogen-bond acceptors (Lipinski definition) is 6. The lowest BCUT2D eigenvalue weighted by Crippen LogP contribution is -2.32. The monoisotopic (exact) mass is 448 g/mol. The fourth-order valence-corrected chi connectivity index (χ4v) is 3.82. The van der Waals surface area contributed by atoms with E-state index in [-0.39, 0.29) is 23.3 Å². The molecule has 0 aliphatic heterocycles. The number of aryl methyl sites for hydroxylation is 1. The highest BCUT2D eigenvalue weighted by Crippen LogP contribution is 2.26. The van der Waals surface area contributed by atoms with Crippen LogP contribution in [0.5, 0.6) is 0 Å². The van der Waals surface area contributed by atoms with Crippen molar-refractivity contribution < 1.29 is 23.5 Å². The molecule has 7 nitrogen and oxygen atoms in total. The number of carboxylic acid groups (broad SMARTS) is 1. The number of carbonyl (C=O) groups is 2. The van der Waals surface area contributed by atoms with Crippen LogP contribution in [0.3, 0.4) is 0 Å². The number of thioether (sulfide) groups is 1. The third kappa shape index (κ3) is 5.25. The normalized spacial score (nSPS) is 12.0. The Hall–Kier alpha value is -2.71. The number of rotatable bonds is 8. The molecule has 3 rings (SSSR count). The standard InChI is InChI=1S/C21H21ClN2O5S/c1-12-17(21(26)27)8-16(28-12)10-24(3)20(25)13(2)30-11-19-23-9-18(29-19)14-4-6-15(22)7-5-14/h4-9,13H,10-11H2,1-3H3,(H,26,27)/t13-/m0/s1. The van der Waals surface area contributed by atoms with Crippen LogP contribution in [-0.4, -0.2) is 39.2 Å². The van der Waals surface area contributed by atoms with E-state index in [4.69, 9.17) is 25.5 Å². The van der Waals surface area contributed by atoms with Gasteiger partial charge in [0.2, 0.25) is 11.8 Å². The van der Waals surface area contributed by atoms with Gasteiger partial charge in [0.1, 0.15) is 17.1 Å². The Bertz CT molecular complexity index is 1040. The van der Waals surface area contributed by atoms with Crippen LogP contribution in [0.1, 0.15) is 34.7 Å². The zero-order valence-corrected chi connectivity index (χ0v) is 18.3. The van der Waals surface area contributed by atoms with Crippen LogP contribution >= 0.6 is 23.4 Å². The van der Waals surface area contributed by atoms with E-state index < -0.39 is 5.97 Å². The molecule has 1 atom stereocenters. The zero-order valence-electron chi connectivity index (χ0n) is 16.7. The third-order valence-corrected chi connectivity index (χ3v) is 5.82. The van der Waals surface area contributed by atoms with E-state index in [0.717, 1.165) is 5.56 Å². The minimum absolute atomic E-state index is 0.101. The van der Waals surface area contributed by atoms with E-state index >= 15 is 0 Å². The molecule has 0 bridgehead atoms. The van der Waals surface area contributed by atoms with E-state index in [9.17, 15) is 9.59 Å². The lowest BCUT2D eigenvalue weighted by Gasteiger charge is -2.19. The van der Waals surface area contributed by atoms with Crippen molar-refractivity contribution in [1.29, 1.82) is 0 Å². The van der Waals surface area contributed by atoms with Crippen molar-refractivity contribution >= 4 is 35.2 Å². The van der Waals surface area contributed by atoms with Gasteiger partial charge in [-0.3, -0.25) is 4.79 Å². The van der Waals surface area contributed by atoms with Crippen LogP contribution in [0, 0.1) is 6.92 Å². The third-order valence-electron chi connectivity index (χ3n) is 4.46.